The Hall–Kier alpha value is -4.05. The largest absolute Gasteiger partial charge is 0.423 e. The van der Waals surface area contributed by atoms with Crippen molar-refractivity contribution in [3.05, 3.63) is 72.7 Å². The second-order valence-electron chi connectivity index (χ2n) is 6.85. The van der Waals surface area contributed by atoms with Gasteiger partial charge in [0.1, 0.15) is 11.2 Å². The highest BCUT2D eigenvalue weighted by molar-refractivity contribution is 7.90. The molecular weight excluding hydrogens is 418 g/mol. The van der Waals surface area contributed by atoms with Crippen LogP contribution in [0.5, 0.6) is 0 Å². The van der Waals surface area contributed by atoms with E-state index >= 15 is 0 Å². The topological polar surface area (TPSA) is 120 Å². The maximum absolute atomic E-state index is 12.9. The quantitative estimate of drug-likeness (QED) is 0.462. The molecule has 2 aromatic carbocycles. The Labute approximate surface area is 176 Å². The number of sulfone groups is 1. The number of rotatable bonds is 4. The second-order valence-corrected chi connectivity index (χ2v) is 8.87. The van der Waals surface area contributed by atoms with Crippen molar-refractivity contribution in [2.24, 2.45) is 0 Å². The number of hydrogen-bond donors (Lipinski definition) is 1. The molecule has 0 fully saturated rings. The Bertz CT molecular complexity index is 1550. The maximum atomic E-state index is 12.9. The summed E-state index contributed by atoms with van der Waals surface area (Å²) in [7, 11) is -3.32. The van der Waals surface area contributed by atoms with Gasteiger partial charge in [-0.1, -0.05) is 6.07 Å². The van der Waals surface area contributed by atoms with Crippen LogP contribution in [0.3, 0.4) is 0 Å². The molecule has 1 N–H and O–H groups in total. The molecular formula is C21H15N5O4S. The minimum Gasteiger partial charge on any atom is -0.423 e. The lowest BCUT2D eigenvalue weighted by Gasteiger charge is -2.07. The summed E-state index contributed by atoms with van der Waals surface area (Å²) in [5, 5.41) is 7.73. The molecule has 9 nitrogen and oxygen atoms in total. The highest BCUT2D eigenvalue weighted by Crippen LogP contribution is 2.26. The summed E-state index contributed by atoms with van der Waals surface area (Å²) in [6, 6.07) is 15.1. The number of oxazole rings is 1. The molecule has 5 rings (SSSR count). The molecule has 0 spiro atoms. The Balaban J connectivity index is 1.46. The van der Waals surface area contributed by atoms with E-state index in [4.69, 9.17) is 4.42 Å². The summed E-state index contributed by atoms with van der Waals surface area (Å²) >= 11 is 0. The molecule has 0 radical (unpaired) electrons. The van der Waals surface area contributed by atoms with Crippen LogP contribution in [0.15, 0.2) is 76.3 Å². The molecule has 0 aliphatic rings. The fourth-order valence-corrected chi connectivity index (χ4v) is 3.89. The van der Waals surface area contributed by atoms with Crippen LogP contribution in [-0.2, 0) is 9.84 Å². The first-order valence-electron chi connectivity index (χ1n) is 9.20. The number of fused-ring (bicyclic) bond motifs is 3. The van der Waals surface area contributed by atoms with Gasteiger partial charge >= 0.3 is 6.01 Å². The number of amides is 1. The molecule has 0 aliphatic carbocycles. The van der Waals surface area contributed by atoms with Gasteiger partial charge in [0.2, 0.25) is 0 Å². The maximum Gasteiger partial charge on any atom is 0.302 e. The average molecular weight is 433 g/mol. The number of hydrogen-bond acceptors (Lipinski definition) is 7. The average Bonchev–Trinajstić information content (AvgIpc) is 3.40. The highest BCUT2D eigenvalue weighted by atomic mass is 32.2. The van der Waals surface area contributed by atoms with E-state index in [2.05, 4.69) is 20.4 Å². The Morgan fingerprint density at radius 2 is 1.81 bits per heavy atom. The van der Waals surface area contributed by atoms with Crippen molar-refractivity contribution in [1.29, 1.82) is 0 Å². The van der Waals surface area contributed by atoms with E-state index in [0.29, 0.717) is 22.3 Å². The number of carbonyl (C=O) groups excluding carboxylic acids is 1. The Morgan fingerprint density at radius 1 is 1.00 bits per heavy atom. The molecule has 0 saturated heterocycles. The summed E-state index contributed by atoms with van der Waals surface area (Å²) in [4.78, 5) is 21.7. The fraction of sp³-hybridized carbons (Fsp3) is 0.0476. The zero-order chi connectivity index (χ0) is 21.6. The van der Waals surface area contributed by atoms with E-state index in [1.165, 1.54) is 23.0 Å². The number of benzene rings is 2. The van der Waals surface area contributed by atoms with Crippen molar-refractivity contribution in [3.63, 3.8) is 0 Å². The van der Waals surface area contributed by atoms with Crippen molar-refractivity contribution in [2.45, 2.75) is 4.90 Å². The predicted octanol–water partition coefficient (Wildman–Crippen LogP) is 3.22. The van der Waals surface area contributed by atoms with Crippen LogP contribution in [-0.4, -0.2) is 40.3 Å². The molecule has 0 bridgehead atoms. The van der Waals surface area contributed by atoms with Gasteiger partial charge in [-0.3, -0.25) is 15.1 Å². The van der Waals surface area contributed by atoms with Crippen molar-refractivity contribution < 1.29 is 17.6 Å². The first kappa shape index (κ1) is 18.9. The van der Waals surface area contributed by atoms with Crippen LogP contribution >= 0.6 is 0 Å². The first-order chi connectivity index (χ1) is 14.9. The van der Waals surface area contributed by atoms with E-state index in [0.717, 1.165) is 11.6 Å². The van der Waals surface area contributed by atoms with Gasteiger partial charge < -0.3 is 4.42 Å². The summed E-state index contributed by atoms with van der Waals surface area (Å²) in [6.45, 7) is 0. The number of pyridine rings is 1. The Morgan fingerprint density at radius 3 is 2.58 bits per heavy atom. The molecule has 10 heteroatoms. The zero-order valence-electron chi connectivity index (χ0n) is 16.2. The third-order valence-electron chi connectivity index (χ3n) is 4.74. The van der Waals surface area contributed by atoms with Crippen molar-refractivity contribution in [2.75, 3.05) is 11.6 Å². The lowest BCUT2D eigenvalue weighted by molar-refractivity contribution is 0.101. The highest BCUT2D eigenvalue weighted by Gasteiger charge is 2.18. The van der Waals surface area contributed by atoms with Gasteiger partial charge in [-0.25, -0.2) is 13.1 Å². The molecule has 3 heterocycles. The van der Waals surface area contributed by atoms with Gasteiger partial charge in [-0.2, -0.15) is 10.1 Å². The minimum atomic E-state index is -3.32. The molecule has 31 heavy (non-hydrogen) atoms. The van der Waals surface area contributed by atoms with Crippen LogP contribution in [0.1, 0.15) is 10.5 Å². The van der Waals surface area contributed by atoms with Crippen LogP contribution in [0.2, 0.25) is 0 Å². The number of anilines is 1. The van der Waals surface area contributed by atoms with E-state index in [-0.39, 0.29) is 16.6 Å². The van der Waals surface area contributed by atoms with E-state index in [9.17, 15) is 13.2 Å². The van der Waals surface area contributed by atoms with Gasteiger partial charge in [0.25, 0.3) is 5.91 Å². The monoisotopic (exact) mass is 433 g/mol. The number of carbonyl (C=O) groups is 1. The van der Waals surface area contributed by atoms with E-state index in [1.807, 2.05) is 18.2 Å². The molecule has 1 amide bonds. The first-order valence-corrected chi connectivity index (χ1v) is 11.1. The smallest absolute Gasteiger partial charge is 0.302 e. The normalized spacial score (nSPS) is 11.8. The molecule has 3 aromatic heterocycles. The third kappa shape index (κ3) is 3.42. The molecule has 0 saturated carbocycles. The van der Waals surface area contributed by atoms with Crippen molar-refractivity contribution in [1.82, 2.24) is 19.7 Å². The predicted molar refractivity (Wildman–Crippen MR) is 114 cm³/mol. The Kier molecular flexibility index (Phi) is 4.29. The van der Waals surface area contributed by atoms with Gasteiger partial charge in [0, 0.05) is 17.8 Å². The van der Waals surface area contributed by atoms with E-state index < -0.39 is 15.7 Å². The number of nitrogens with one attached hydrogen (secondary N) is 1. The summed E-state index contributed by atoms with van der Waals surface area (Å²) in [6.07, 6.45) is 4.28. The van der Waals surface area contributed by atoms with Gasteiger partial charge in [-0.15, -0.1) is 0 Å². The lowest BCUT2D eigenvalue weighted by atomic mass is 10.2. The number of nitrogens with zero attached hydrogens (tertiary/aromatic N) is 4. The summed E-state index contributed by atoms with van der Waals surface area (Å²) < 4.78 is 30.4. The molecule has 0 aliphatic heterocycles. The van der Waals surface area contributed by atoms with Crippen LogP contribution in [0, 0.1) is 0 Å². The molecule has 154 valence electrons. The second kappa shape index (κ2) is 7.03. The minimum absolute atomic E-state index is 0.0401. The van der Waals surface area contributed by atoms with Crippen molar-refractivity contribution in [3.8, 4) is 5.69 Å². The van der Waals surface area contributed by atoms with Gasteiger partial charge in [0.15, 0.2) is 15.4 Å². The zero-order valence-corrected chi connectivity index (χ0v) is 17.0. The van der Waals surface area contributed by atoms with Gasteiger partial charge in [-0.05, 0) is 48.5 Å². The van der Waals surface area contributed by atoms with Crippen LogP contribution in [0.25, 0.3) is 27.7 Å². The SMILES string of the molecule is CS(=O)(=O)c1ccc(-n2nccc2C(=O)Nc2nc3c(ccc4cccnc43)o2)cc1. The van der Waals surface area contributed by atoms with E-state index in [1.54, 1.807) is 30.5 Å². The van der Waals surface area contributed by atoms with Crippen molar-refractivity contribution >= 4 is 43.8 Å². The molecule has 5 aromatic rings. The third-order valence-corrected chi connectivity index (χ3v) is 5.86. The summed E-state index contributed by atoms with van der Waals surface area (Å²) in [5.41, 5.74) is 2.51. The molecule has 0 unspecified atom stereocenters. The fourth-order valence-electron chi connectivity index (χ4n) is 3.26. The van der Waals surface area contributed by atoms with Gasteiger partial charge in [0.05, 0.1) is 22.3 Å². The standard InChI is InChI=1S/C21H15N5O4S/c1-31(28,29)15-7-5-14(6-8-15)26-16(10-12-23-26)20(27)25-21-24-19-17(30-21)9-4-13-3-2-11-22-18(13)19/h2-12H,1H3,(H,24,25,27). The molecule has 0 atom stereocenters. The van der Waals surface area contributed by atoms with Crippen LogP contribution in [0.4, 0.5) is 6.01 Å². The van der Waals surface area contributed by atoms with Crippen LogP contribution < -0.4 is 5.32 Å². The lowest BCUT2D eigenvalue weighted by Crippen LogP contribution is -2.17. The summed E-state index contributed by atoms with van der Waals surface area (Å²) in [5.74, 6) is -0.478. The number of aromatic nitrogens is 4.